The molecule has 0 bridgehead atoms. The molecule has 0 radical (unpaired) electrons. The highest BCUT2D eigenvalue weighted by molar-refractivity contribution is 5.77. The van der Waals surface area contributed by atoms with Gasteiger partial charge in [0.05, 0.1) is 0 Å². The van der Waals surface area contributed by atoms with Crippen LogP contribution in [0.25, 0.3) is 0 Å². The topological polar surface area (TPSA) is 63.6 Å². The quantitative estimate of drug-likeness (QED) is 0.321. The molecule has 4 heteroatoms. The van der Waals surface area contributed by atoms with Crippen molar-refractivity contribution in [3.8, 4) is 23.7 Å². The summed E-state index contributed by atoms with van der Waals surface area (Å²) in [5.74, 6) is 9.56. The Balaban J connectivity index is 3.64. The van der Waals surface area contributed by atoms with Crippen molar-refractivity contribution in [2.75, 3.05) is 0 Å². The third-order valence-electron chi connectivity index (χ3n) is 3.49. The maximum Gasteiger partial charge on any atom is 0.344 e. The first-order valence-electron chi connectivity index (χ1n) is 9.13. The fraction of sp³-hybridized carbons (Fsp3) is 0.619. The minimum Gasteiger partial charge on any atom is -0.479 e. The highest BCUT2D eigenvalue weighted by Gasteiger charge is 2.15. The first-order chi connectivity index (χ1) is 12.1. The SMILES string of the molecule is CCCCCCCC/C=C/C#CC#CCCCC(=O)O[C@@H](C)C(=O)O. The van der Waals surface area contributed by atoms with Gasteiger partial charge in [-0.3, -0.25) is 4.79 Å². The summed E-state index contributed by atoms with van der Waals surface area (Å²) in [5.41, 5.74) is 0. The van der Waals surface area contributed by atoms with Crippen LogP contribution in [0.4, 0.5) is 0 Å². The lowest BCUT2D eigenvalue weighted by Crippen LogP contribution is -2.23. The number of aliphatic carboxylic acids is 1. The molecule has 0 fully saturated rings. The van der Waals surface area contributed by atoms with E-state index in [0.717, 1.165) is 6.42 Å². The number of carboxylic acid groups (broad SMARTS) is 1. The number of hydrogen-bond acceptors (Lipinski definition) is 3. The van der Waals surface area contributed by atoms with Gasteiger partial charge in [-0.25, -0.2) is 4.79 Å². The zero-order valence-electron chi connectivity index (χ0n) is 15.5. The van der Waals surface area contributed by atoms with Crippen LogP contribution in [-0.2, 0) is 14.3 Å². The lowest BCUT2D eigenvalue weighted by molar-refractivity contribution is -0.162. The Hall–Kier alpha value is -2.20. The molecule has 0 aliphatic carbocycles. The standard InChI is InChI=1S/C21H30O4/c1-3-4-5-6-7-8-9-10-11-12-13-14-15-16-17-18-20(22)25-19(2)21(23)24/h10-11,19H,3-9,16-18H2,1-2H3,(H,23,24)/b11-10+/t19-/m0/s1. The Labute approximate surface area is 152 Å². The zero-order valence-corrected chi connectivity index (χ0v) is 15.5. The molecule has 25 heavy (non-hydrogen) atoms. The Bertz CT molecular complexity index is 526. The maximum absolute atomic E-state index is 11.3. The van der Waals surface area contributed by atoms with Gasteiger partial charge in [0.1, 0.15) is 0 Å². The summed E-state index contributed by atoms with van der Waals surface area (Å²) in [7, 11) is 0. The summed E-state index contributed by atoms with van der Waals surface area (Å²) in [4.78, 5) is 21.8. The molecule has 0 aliphatic heterocycles. The fourth-order valence-electron chi connectivity index (χ4n) is 2.00. The van der Waals surface area contributed by atoms with Crippen LogP contribution in [0.1, 0.15) is 78.1 Å². The largest absolute Gasteiger partial charge is 0.479 e. The number of ether oxygens (including phenoxy) is 1. The number of carbonyl (C=O) groups is 2. The van der Waals surface area contributed by atoms with Gasteiger partial charge in [-0.05, 0) is 44.1 Å². The first-order valence-corrected chi connectivity index (χ1v) is 9.13. The number of esters is 1. The van der Waals surface area contributed by atoms with Gasteiger partial charge < -0.3 is 9.84 Å². The maximum atomic E-state index is 11.3. The molecule has 0 aromatic carbocycles. The van der Waals surface area contributed by atoms with Crippen molar-refractivity contribution in [2.24, 2.45) is 0 Å². The number of carbonyl (C=O) groups excluding carboxylic acids is 1. The summed E-state index contributed by atoms with van der Waals surface area (Å²) < 4.78 is 4.71. The van der Waals surface area contributed by atoms with E-state index >= 15 is 0 Å². The molecule has 0 aromatic heterocycles. The van der Waals surface area contributed by atoms with Crippen LogP contribution in [0.2, 0.25) is 0 Å². The number of rotatable bonds is 12. The predicted molar refractivity (Wildman–Crippen MR) is 99.7 cm³/mol. The van der Waals surface area contributed by atoms with Crippen molar-refractivity contribution in [2.45, 2.75) is 84.2 Å². The van der Waals surface area contributed by atoms with Gasteiger partial charge in [-0.1, -0.05) is 56.9 Å². The normalized spacial score (nSPS) is 11.1. The van der Waals surface area contributed by atoms with Gasteiger partial charge >= 0.3 is 11.9 Å². The highest BCUT2D eigenvalue weighted by atomic mass is 16.6. The van der Waals surface area contributed by atoms with Crippen molar-refractivity contribution in [3.05, 3.63) is 12.2 Å². The van der Waals surface area contributed by atoms with E-state index in [1.54, 1.807) is 0 Å². The third kappa shape index (κ3) is 16.4. The molecule has 0 heterocycles. The van der Waals surface area contributed by atoms with E-state index in [2.05, 4.69) is 36.7 Å². The first kappa shape index (κ1) is 22.8. The van der Waals surface area contributed by atoms with E-state index in [0.29, 0.717) is 12.8 Å². The van der Waals surface area contributed by atoms with Crippen molar-refractivity contribution in [1.29, 1.82) is 0 Å². The van der Waals surface area contributed by atoms with Gasteiger partial charge in [-0.2, -0.15) is 0 Å². The van der Waals surface area contributed by atoms with Crippen LogP contribution in [0.3, 0.4) is 0 Å². The van der Waals surface area contributed by atoms with Crippen LogP contribution in [-0.4, -0.2) is 23.1 Å². The van der Waals surface area contributed by atoms with Gasteiger partial charge in [-0.15, -0.1) is 0 Å². The van der Waals surface area contributed by atoms with E-state index < -0.39 is 18.0 Å². The Kier molecular flexibility index (Phi) is 15.2. The van der Waals surface area contributed by atoms with Gasteiger partial charge in [0, 0.05) is 12.8 Å². The average Bonchev–Trinajstić information content (AvgIpc) is 2.58. The minimum atomic E-state index is -1.15. The smallest absolute Gasteiger partial charge is 0.344 e. The Morgan fingerprint density at radius 3 is 2.52 bits per heavy atom. The average molecular weight is 346 g/mol. The molecule has 0 spiro atoms. The van der Waals surface area contributed by atoms with Crippen LogP contribution in [0, 0.1) is 23.7 Å². The molecule has 0 amide bonds. The van der Waals surface area contributed by atoms with Crippen molar-refractivity contribution >= 4 is 11.9 Å². The van der Waals surface area contributed by atoms with E-state index in [4.69, 9.17) is 9.84 Å². The second-order valence-corrected chi connectivity index (χ2v) is 5.85. The summed E-state index contributed by atoms with van der Waals surface area (Å²) in [6.45, 7) is 3.55. The number of unbranched alkanes of at least 4 members (excludes halogenated alkanes) is 7. The molecule has 0 saturated heterocycles. The zero-order chi connectivity index (χ0) is 18.8. The Morgan fingerprint density at radius 1 is 1.08 bits per heavy atom. The molecule has 4 nitrogen and oxygen atoms in total. The second kappa shape index (κ2) is 16.7. The predicted octanol–water partition coefficient (Wildman–Crippen LogP) is 4.49. The summed E-state index contributed by atoms with van der Waals surface area (Å²) in [6, 6.07) is 0. The minimum absolute atomic E-state index is 0.165. The van der Waals surface area contributed by atoms with Crippen molar-refractivity contribution in [3.63, 3.8) is 0 Å². The molecule has 0 rings (SSSR count). The van der Waals surface area contributed by atoms with E-state index in [-0.39, 0.29) is 6.42 Å². The molecular weight excluding hydrogens is 316 g/mol. The van der Waals surface area contributed by atoms with E-state index in [1.165, 1.54) is 45.4 Å². The van der Waals surface area contributed by atoms with Crippen LogP contribution in [0.15, 0.2) is 12.2 Å². The summed E-state index contributed by atoms with van der Waals surface area (Å²) in [6.07, 6.45) is 12.9. The molecule has 0 saturated carbocycles. The number of carboxylic acids is 1. The fourth-order valence-corrected chi connectivity index (χ4v) is 2.00. The molecule has 1 N–H and O–H groups in total. The summed E-state index contributed by atoms with van der Waals surface area (Å²) >= 11 is 0. The van der Waals surface area contributed by atoms with Gasteiger partial charge in [0.2, 0.25) is 0 Å². The van der Waals surface area contributed by atoms with Crippen molar-refractivity contribution < 1.29 is 19.4 Å². The second-order valence-electron chi connectivity index (χ2n) is 5.85. The van der Waals surface area contributed by atoms with Crippen LogP contribution >= 0.6 is 0 Å². The van der Waals surface area contributed by atoms with E-state index in [9.17, 15) is 9.59 Å². The molecule has 0 aliphatic rings. The van der Waals surface area contributed by atoms with E-state index in [1.807, 2.05) is 6.08 Å². The third-order valence-corrected chi connectivity index (χ3v) is 3.49. The molecular formula is C21H30O4. The van der Waals surface area contributed by atoms with Crippen LogP contribution < -0.4 is 0 Å². The molecule has 1 atom stereocenters. The summed E-state index contributed by atoms with van der Waals surface area (Å²) in [5, 5.41) is 8.61. The highest BCUT2D eigenvalue weighted by Crippen LogP contribution is 2.06. The molecule has 0 aromatic rings. The van der Waals surface area contributed by atoms with Gasteiger partial charge in [0.25, 0.3) is 0 Å². The molecule has 138 valence electrons. The number of allylic oxidation sites excluding steroid dienone is 2. The van der Waals surface area contributed by atoms with Crippen molar-refractivity contribution in [1.82, 2.24) is 0 Å². The monoisotopic (exact) mass is 346 g/mol. The van der Waals surface area contributed by atoms with Crippen LogP contribution in [0.5, 0.6) is 0 Å². The molecule has 0 unspecified atom stereocenters. The Morgan fingerprint density at radius 2 is 1.80 bits per heavy atom. The number of hydrogen-bond donors (Lipinski definition) is 1. The lowest BCUT2D eigenvalue weighted by Gasteiger charge is -2.07. The van der Waals surface area contributed by atoms with Gasteiger partial charge in [0.15, 0.2) is 6.10 Å². The lowest BCUT2D eigenvalue weighted by atomic mass is 10.1.